The van der Waals surface area contributed by atoms with Crippen LogP contribution in [-0.2, 0) is 42.7 Å². The van der Waals surface area contributed by atoms with Crippen LogP contribution in [0.5, 0.6) is 0 Å². The number of rotatable bonds is 22. The third kappa shape index (κ3) is 30.8. The van der Waals surface area contributed by atoms with Crippen molar-refractivity contribution in [2.75, 3.05) is 76.0 Å². The molecule has 0 unspecified atom stereocenters. The molecule has 11 aromatic rings. The van der Waals surface area contributed by atoms with Gasteiger partial charge in [-0.25, -0.2) is 18.2 Å². The maximum atomic E-state index is 14.6. The minimum Gasteiger partial charge on any atom is -0.388 e. The molecule has 1 spiro atoms. The first-order valence-corrected chi connectivity index (χ1v) is 47.4. The molecular weight excluding hydrogens is 1940 g/mol. The number of amides is 9. The molecule has 760 valence electrons. The van der Waals surface area contributed by atoms with E-state index in [4.69, 9.17) is 35.0 Å². The number of benzene rings is 8. The van der Waals surface area contributed by atoms with Crippen molar-refractivity contribution < 1.29 is 82.7 Å². The number of anilines is 4. The fourth-order valence-electron chi connectivity index (χ4n) is 15.1. The monoisotopic (exact) mass is 2050 g/mol. The maximum absolute atomic E-state index is 14.6. The van der Waals surface area contributed by atoms with Gasteiger partial charge >= 0.3 is 12.4 Å². The molecule has 4 aliphatic rings. The van der Waals surface area contributed by atoms with Crippen molar-refractivity contribution >= 4 is 151 Å². The van der Waals surface area contributed by atoms with Crippen LogP contribution < -0.4 is 62.1 Å². The number of hydrogen-bond donors (Lipinski definition) is 9. The number of halogens is 9. The van der Waals surface area contributed by atoms with Crippen LogP contribution in [0.3, 0.4) is 0 Å². The molecule has 0 atom stereocenters. The van der Waals surface area contributed by atoms with E-state index in [1.807, 2.05) is 98.1 Å². The SMILES string of the molecule is C=C(NC)c1ccccc1Sc1ccc2c(/C=C/c3ccccn3)n[nH]c2c1.CCCCCC(=O)NC.CNC(=O)C1CCCCC1.CNC(=O)CCc1ccccc1.CNC(=O)c1ccc(F)cc1.CNC(=O)c1ccc(N2C(=S)N(c3ccc(C#N)c(C(F)(F)F)c3)C(=O)C2(C)C)cc1F.CNC(=O)c1ccc(N2C(=S)N(c3cnc(C#N)c(C(F)(F)F)c3)C(=O)C23CCC3)cc1F.CNC(=O)c1ccccc1. The van der Waals surface area contributed by atoms with E-state index in [0.717, 1.165) is 110 Å². The Morgan fingerprint density at radius 3 is 1.59 bits per heavy atom. The van der Waals surface area contributed by atoms with Crippen molar-refractivity contribution in [2.24, 2.45) is 5.92 Å². The second-order valence-corrected chi connectivity index (χ2v) is 34.8. The van der Waals surface area contributed by atoms with Crippen molar-refractivity contribution in [3.05, 3.63) is 310 Å². The maximum Gasteiger partial charge on any atom is 0.419 e. The van der Waals surface area contributed by atoms with Gasteiger partial charge in [-0.15, -0.1) is 0 Å². The van der Waals surface area contributed by atoms with Crippen molar-refractivity contribution in [3.8, 4) is 12.1 Å². The summed E-state index contributed by atoms with van der Waals surface area (Å²) in [4.78, 5) is 119. The summed E-state index contributed by atoms with van der Waals surface area (Å²) in [6.45, 7) is 9.19. The highest BCUT2D eigenvalue weighted by atomic mass is 32.2. The average Bonchev–Trinajstić information content (AvgIpc) is 1.55. The van der Waals surface area contributed by atoms with E-state index in [-0.39, 0.29) is 79.5 Å². The third-order valence-electron chi connectivity index (χ3n) is 23.1. The molecule has 2 aliphatic heterocycles. The van der Waals surface area contributed by atoms with E-state index < -0.39 is 81.1 Å². The smallest absolute Gasteiger partial charge is 0.388 e. The van der Waals surface area contributed by atoms with Gasteiger partial charge < -0.3 is 52.3 Å². The number of H-pyrrole nitrogens is 1. The molecule has 2 saturated heterocycles. The van der Waals surface area contributed by atoms with E-state index in [1.54, 1.807) is 58.3 Å². The van der Waals surface area contributed by atoms with Gasteiger partial charge in [0, 0.05) is 130 Å². The quantitative estimate of drug-likeness (QED) is 0.0173. The molecular formula is C106H111F9N18O9S3. The fourth-order valence-corrected chi connectivity index (χ4v) is 17.1. The van der Waals surface area contributed by atoms with Gasteiger partial charge in [-0.05, 0) is 234 Å². The first-order valence-electron chi connectivity index (χ1n) is 45.8. The number of unbranched alkanes of at least 4 members (excludes halogenated alkanes) is 2. The van der Waals surface area contributed by atoms with Crippen LogP contribution in [0, 0.1) is 46.0 Å². The highest BCUT2D eigenvalue weighted by Crippen LogP contribution is 2.49. The third-order valence-corrected chi connectivity index (χ3v) is 24.9. The zero-order valence-electron chi connectivity index (χ0n) is 81.4. The van der Waals surface area contributed by atoms with Gasteiger partial charge in [0.1, 0.15) is 34.6 Å². The van der Waals surface area contributed by atoms with Crippen LogP contribution >= 0.6 is 36.2 Å². The molecule has 5 heterocycles. The average molecular weight is 2050 g/mol. The lowest BCUT2D eigenvalue weighted by atomic mass is 9.75. The topological polar surface area (TPSA) is 365 Å². The lowest BCUT2D eigenvalue weighted by Crippen LogP contribution is -2.55. The van der Waals surface area contributed by atoms with Crippen LogP contribution in [0.25, 0.3) is 28.8 Å². The lowest BCUT2D eigenvalue weighted by molar-refractivity contribution is -0.138. The van der Waals surface area contributed by atoms with E-state index in [0.29, 0.717) is 61.3 Å². The predicted octanol–water partition coefficient (Wildman–Crippen LogP) is 19.2. The number of aryl methyl sites for hydroxylation is 1. The largest absolute Gasteiger partial charge is 0.419 e. The number of aromatic nitrogens is 4. The number of nitrogens with one attached hydrogen (secondary N) is 9. The lowest BCUT2D eigenvalue weighted by Gasteiger charge is -2.43. The first-order chi connectivity index (χ1) is 69.2. The van der Waals surface area contributed by atoms with Gasteiger partial charge in [0.05, 0.1) is 68.4 Å². The molecule has 9 N–H and O–H groups in total. The number of hydrogen-bond acceptors (Lipinski definition) is 18. The van der Waals surface area contributed by atoms with Crippen LogP contribution in [0.1, 0.15) is 191 Å². The Morgan fingerprint density at radius 1 is 0.531 bits per heavy atom. The number of fused-ring (bicyclic) bond motifs is 1. The van der Waals surface area contributed by atoms with E-state index in [2.05, 4.69) is 107 Å². The summed E-state index contributed by atoms with van der Waals surface area (Å²) in [7, 11) is 12.8. The van der Waals surface area contributed by atoms with Crippen LogP contribution in [0.2, 0.25) is 0 Å². The molecule has 2 aliphatic carbocycles. The van der Waals surface area contributed by atoms with Gasteiger partial charge in [0.15, 0.2) is 15.9 Å². The standard InChI is InChI=1S/C23H20N4S.C21H15F4N5O2S.C21H16F4N4O2S.C10H13NO.C8H8FNO.C8H15NO.C8H9NO.C7H15NO/c1-16(24-2)19-8-3-4-9-23(19)28-18-11-12-20-21(26-27-22(20)15-18)13-10-17-7-5-6-14-25-17;1-27-17(31)13-4-3-11(8-15(13)22)30-19(33)29(18(32)20(30)5-2-6-20)12-7-14(21(23,24)25)16(9-26)28-10-12;1-20(2)18(31)28(12-5-4-11(10-26)15(8-12)21(23,24)25)19(32)29(20)13-6-7-14(16(22)9-13)17(30)27-3;1-11-10(12)8-7-9-5-3-2-4-6-9;1-10-8(11)6-2-4-7(9)5-3-6;2*1-9-8(10)7-5-3-2-4-6-7;1-3-4-5-6-7(9)8-2/h3-15,24H,1H2,2H3,(H,26,27);3-4,7-8,10H,2,5-6H2,1H3,(H,27,31);4-9H,1-3H3,(H,27,30);2-6H,7-8H2,1H3,(H,11,12);2-5H,1H3,(H,10,11);7H,2-6H2,1H3,(H,9,10);2-6H,1H3,(H,9,10);3-6H2,1-2H3,(H,8,9)/b13-10+;;;;;;;. The Labute approximate surface area is 849 Å². The highest BCUT2D eigenvalue weighted by Gasteiger charge is 2.60. The molecule has 3 aromatic heterocycles. The molecule has 9 amide bonds. The molecule has 39 heteroatoms. The number of aromatic amines is 1. The van der Waals surface area contributed by atoms with E-state index in [1.165, 1.54) is 143 Å². The Hall–Kier alpha value is -15.5. The molecule has 0 bridgehead atoms. The molecule has 27 nitrogen and oxygen atoms in total. The Bertz CT molecular complexity index is 6530. The Kier molecular flexibility index (Phi) is 43.3. The van der Waals surface area contributed by atoms with Gasteiger partial charge in [-0.3, -0.25) is 63.0 Å². The summed E-state index contributed by atoms with van der Waals surface area (Å²) in [6, 6.07) is 58.7. The predicted molar refractivity (Wildman–Crippen MR) is 551 cm³/mol. The number of carbonyl (C=O) groups excluding carboxylic acids is 9. The Morgan fingerprint density at radius 2 is 1.07 bits per heavy atom. The van der Waals surface area contributed by atoms with Crippen LogP contribution in [-0.4, -0.2) is 151 Å². The van der Waals surface area contributed by atoms with Crippen molar-refractivity contribution in [1.82, 2.24) is 62.7 Å². The van der Waals surface area contributed by atoms with Gasteiger partial charge in [0.2, 0.25) is 17.7 Å². The van der Waals surface area contributed by atoms with Crippen LogP contribution in [0.15, 0.2) is 235 Å². The first kappa shape index (κ1) is 115. The number of thiocarbonyl (C=S) groups is 2. The van der Waals surface area contributed by atoms with E-state index in [9.17, 15) is 82.7 Å². The van der Waals surface area contributed by atoms with E-state index >= 15 is 0 Å². The highest BCUT2D eigenvalue weighted by molar-refractivity contribution is 7.99. The van der Waals surface area contributed by atoms with Crippen LogP contribution in [0.4, 0.5) is 62.3 Å². The summed E-state index contributed by atoms with van der Waals surface area (Å²) in [5, 5.41) is 46.9. The number of pyridine rings is 2. The molecule has 8 aromatic carbocycles. The second kappa shape index (κ2) is 54.7. The van der Waals surface area contributed by atoms with Crippen molar-refractivity contribution in [2.45, 2.75) is 144 Å². The normalized spacial score (nSPS) is 13.6. The van der Waals surface area contributed by atoms with Crippen molar-refractivity contribution in [3.63, 3.8) is 0 Å². The summed E-state index contributed by atoms with van der Waals surface area (Å²) < 4.78 is 122. The minimum atomic E-state index is -4.87. The number of alkyl halides is 6. The summed E-state index contributed by atoms with van der Waals surface area (Å²) >= 11 is 12.6. The fraction of sp³-hybridized carbons (Fsp3) is 0.283. The zero-order chi connectivity index (χ0) is 106. The molecule has 2 saturated carbocycles. The molecule has 0 radical (unpaired) electrons. The van der Waals surface area contributed by atoms with Crippen molar-refractivity contribution in [1.29, 1.82) is 10.5 Å². The second-order valence-electron chi connectivity index (χ2n) is 33.0. The molecule has 4 fully saturated rings. The molecule has 15 rings (SSSR count). The zero-order valence-corrected chi connectivity index (χ0v) is 83.9. The number of nitrogens with zero attached hydrogens (tertiary/aromatic N) is 9. The summed E-state index contributed by atoms with van der Waals surface area (Å²) in [6.07, 6.45) is 9.82. The minimum absolute atomic E-state index is 0.0411. The van der Waals surface area contributed by atoms with Gasteiger partial charge in [-0.1, -0.05) is 130 Å². The summed E-state index contributed by atoms with van der Waals surface area (Å²) in [5.41, 5.74) is 0.247. The van der Waals surface area contributed by atoms with Gasteiger partial charge in [0.25, 0.3) is 35.4 Å². The molecule has 145 heavy (non-hydrogen) atoms. The number of carbonyl (C=O) groups is 9. The summed E-state index contributed by atoms with van der Waals surface area (Å²) in [5.74, 6) is -3.96. The number of nitriles is 2. The van der Waals surface area contributed by atoms with Gasteiger partial charge in [-0.2, -0.15) is 42.0 Å². The Balaban J connectivity index is 0.000000214.